The second-order valence-electron chi connectivity index (χ2n) is 4.35. The number of carbonyl (C=O) groups excluding carboxylic acids is 1. The number of nitrogens with zero attached hydrogens (tertiary/aromatic N) is 1. The van der Waals surface area contributed by atoms with Gasteiger partial charge in [-0.3, -0.25) is 4.79 Å². The van der Waals surface area contributed by atoms with Gasteiger partial charge in [-0.25, -0.2) is 9.37 Å². The predicted octanol–water partition coefficient (Wildman–Crippen LogP) is 2.60. The van der Waals surface area contributed by atoms with E-state index in [1.807, 2.05) is 6.92 Å². The van der Waals surface area contributed by atoms with Gasteiger partial charge in [-0.1, -0.05) is 6.92 Å². The molecule has 0 fully saturated rings. The summed E-state index contributed by atoms with van der Waals surface area (Å²) in [6.07, 6.45) is 4.21. The molecule has 1 aromatic heterocycles. The van der Waals surface area contributed by atoms with Gasteiger partial charge in [0.25, 0.3) is 5.91 Å². The van der Waals surface area contributed by atoms with Gasteiger partial charge in [0.05, 0.1) is 5.57 Å². The van der Waals surface area contributed by atoms with Crippen LogP contribution in [0.1, 0.15) is 24.0 Å². The molecule has 0 saturated heterocycles. The second kappa shape index (κ2) is 4.35. The average Bonchev–Trinajstić information content (AvgIpc) is 2.96. The summed E-state index contributed by atoms with van der Waals surface area (Å²) in [7, 11) is 0. The lowest BCUT2D eigenvalue weighted by Gasteiger charge is -1.97. The van der Waals surface area contributed by atoms with E-state index in [-0.39, 0.29) is 11.7 Å². The number of carbonyl (C=O) groups is 1. The van der Waals surface area contributed by atoms with E-state index in [9.17, 15) is 9.18 Å². The lowest BCUT2D eigenvalue weighted by atomic mass is 10.1. The molecule has 0 atom stereocenters. The summed E-state index contributed by atoms with van der Waals surface area (Å²) < 4.78 is 13.3. The SMILES string of the molecule is CCc1cnc(/C=C2\C(=O)Nc3ccc(F)cc32)[nH]1. The van der Waals surface area contributed by atoms with Crippen molar-refractivity contribution in [3.63, 3.8) is 0 Å². The molecule has 0 saturated carbocycles. The minimum absolute atomic E-state index is 0.241. The van der Waals surface area contributed by atoms with E-state index >= 15 is 0 Å². The van der Waals surface area contributed by atoms with Crippen LogP contribution in [0.15, 0.2) is 24.4 Å². The molecule has 4 nitrogen and oxygen atoms in total. The highest BCUT2D eigenvalue weighted by Crippen LogP contribution is 2.33. The zero-order valence-corrected chi connectivity index (χ0v) is 10.3. The zero-order valence-electron chi connectivity index (χ0n) is 10.3. The van der Waals surface area contributed by atoms with Crippen LogP contribution in [0, 0.1) is 5.82 Å². The van der Waals surface area contributed by atoms with Crippen LogP contribution in [0.2, 0.25) is 0 Å². The van der Waals surface area contributed by atoms with Crippen molar-refractivity contribution in [2.45, 2.75) is 13.3 Å². The average molecular weight is 257 g/mol. The molecule has 5 heteroatoms. The fourth-order valence-corrected chi connectivity index (χ4v) is 2.07. The molecule has 3 rings (SSSR count). The highest BCUT2D eigenvalue weighted by Gasteiger charge is 2.24. The van der Waals surface area contributed by atoms with Crippen LogP contribution in [-0.4, -0.2) is 15.9 Å². The van der Waals surface area contributed by atoms with E-state index in [0.717, 1.165) is 12.1 Å². The van der Waals surface area contributed by atoms with Gasteiger partial charge in [0.2, 0.25) is 0 Å². The Labute approximate surface area is 109 Å². The predicted molar refractivity (Wildman–Crippen MR) is 70.9 cm³/mol. The molecule has 1 aliphatic rings. The van der Waals surface area contributed by atoms with Gasteiger partial charge in [0.1, 0.15) is 11.6 Å². The number of anilines is 1. The highest BCUT2D eigenvalue weighted by atomic mass is 19.1. The van der Waals surface area contributed by atoms with E-state index in [0.29, 0.717) is 22.6 Å². The molecule has 1 amide bonds. The summed E-state index contributed by atoms with van der Waals surface area (Å²) in [5, 5.41) is 2.70. The van der Waals surface area contributed by atoms with E-state index < -0.39 is 0 Å². The molecule has 19 heavy (non-hydrogen) atoms. The number of aryl methyl sites for hydroxylation is 1. The number of nitrogens with one attached hydrogen (secondary N) is 2. The summed E-state index contributed by atoms with van der Waals surface area (Å²) in [5.41, 5.74) is 2.61. The molecular weight excluding hydrogens is 245 g/mol. The van der Waals surface area contributed by atoms with Crippen molar-refractivity contribution in [1.82, 2.24) is 9.97 Å². The minimum atomic E-state index is -0.366. The standard InChI is InChI=1S/C14H12FN3O/c1-2-9-7-16-13(17-9)6-11-10-5-8(15)3-4-12(10)18-14(11)19/h3-7H,2H2,1H3,(H,16,17)(H,18,19)/b11-6-. The number of benzene rings is 1. The number of amides is 1. The van der Waals surface area contributed by atoms with Crippen molar-refractivity contribution in [3.8, 4) is 0 Å². The van der Waals surface area contributed by atoms with Crippen LogP contribution in [-0.2, 0) is 11.2 Å². The van der Waals surface area contributed by atoms with Crippen molar-refractivity contribution in [2.24, 2.45) is 0 Å². The first kappa shape index (κ1) is 11.6. The van der Waals surface area contributed by atoms with Crippen molar-refractivity contribution >= 4 is 23.2 Å². The van der Waals surface area contributed by atoms with Crippen molar-refractivity contribution in [2.75, 3.05) is 5.32 Å². The third kappa shape index (κ3) is 2.03. The number of aromatic nitrogens is 2. The van der Waals surface area contributed by atoms with Crippen LogP contribution in [0.3, 0.4) is 0 Å². The third-order valence-electron chi connectivity index (χ3n) is 3.07. The van der Waals surface area contributed by atoms with Crippen LogP contribution in [0.5, 0.6) is 0 Å². The maximum absolute atomic E-state index is 13.3. The molecular formula is C14H12FN3O. The summed E-state index contributed by atoms with van der Waals surface area (Å²) in [5.74, 6) is -0.0102. The molecule has 96 valence electrons. The number of halogens is 1. The molecule has 2 N–H and O–H groups in total. The monoisotopic (exact) mass is 257 g/mol. The molecule has 0 radical (unpaired) electrons. The van der Waals surface area contributed by atoms with E-state index in [2.05, 4.69) is 15.3 Å². The molecule has 1 aromatic carbocycles. The van der Waals surface area contributed by atoms with Gasteiger partial charge in [-0.05, 0) is 30.7 Å². The molecule has 2 aromatic rings. The number of H-pyrrole nitrogens is 1. The molecule has 1 aliphatic heterocycles. The van der Waals surface area contributed by atoms with Crippen LogP contribution in [0.4, 0.5) is 10.1 Å². The van der Waals surface area contributed by atoms with Crippen molar-refractivity contribution in [3.05, 3.63) is 47.3 Å². The lowest BCUT2D eigenvalue weighted by molar-refractivity contribution is -0.110. The van der Waals surface area contributed by atoms with E-state index in [1.165, 1.54) is 12.1 Å². The molecule has 0 spiro atoms. The molecule has 2 heterocycles. The largest absolute Gasteiger partial charge is 0.342 e. The third-order valence-corrected chi connectivity index (χ3v) is 3.07. The molecule has 0 bridgehead atoms. The fraction of sp³-hybridized carbons (Fsp3) is 0.143. The first-order valence-corrected chi connectivity index (χ1v) is 6.04. The van der Waals surface area contributed by atoms with E-state index in [1.54, 1.807) is 18.3 Å². The Hall–Kier alpha value is -2.43. The Morgan fingerprint density at radius 3 is 3.00 bits per heavy atom. The lowest BCUT2D eigenvalue weighted by Crippen LogP contribution is -2.03. The Morgan fingerprint density at radius 2 is 2.26 bits per heavy atom. The Kier molecular flexibility index (Phi) is 2.67. The van der Waals surface area contributed by atoms with Gasteiger partial charge in [0, 0.05) is 23.1 Å². The first-order valence-electron chi connectivity index (χ1n) is 6.04. The summed E-state index contributed by atoms with van der Waals surface area (Å²) in [6, 6.07) is 4.23. The number of aromatic amines is 1. The number of hydrogen-bond acceptors (Lipinski definition) is 2. The smallest absolute Gasteiger partial charge is 0.256 e. The fourth-order valence-electron chi connectivity index (χ4n) is 2.07. The second-order valence-corrected chi connectivity index (χ2v) is 4.35. The van der Waals surface area contributed by atoms with Gasteiger partial charge in [0.15, 0.2) is 0 Å². The normalized spacial score (nSPS) is 15.7. The maximum Gasteiger partial charge on any atom is 0.256 e. The van der Waals surface area contributed by atoms with E-state index in [4.69, 9.17) is 0 Å². The van der Waals surface area contributed by atoms with Crippen LogP contribution >= 0.6 is 0 Å². The Balaban J connectivity index is 2.06. The van der Waals surface area contributed by atoms with Gasteiger partial charge >= 0.3 is 0 Å². The topological polar surface area (TPSA) is 57.8 Å². The van der Waals surface area contributed by atoms with Gasteiger partial charge in [-0.2, -0.15) is 0 Å². The van der Waals surface area contributed by atoms with Crippen LogP contribution in [0.25, 0.3) is 11.6 Å². The first-order chi connectivity index (χ1) is 9.17. The minimum Gasteiger partial charge on any atom is -0.342 e. The van der Waals surface area contributed by atoms with Gasteiger partial charge in [-0.15, -0.1) is 0 Å². The Bertz CT molecular complexity index is 688. The summed E-state index contributed by atoms with van der Waals surface area (Å²) in [6.45, 7) is 2.01. The van der Waals surface area contributed by atoms with Crippen molar-refractivity contribution in [1.29, 1.82) is 0 Å². The number of fused-ring (bicyclic) bond motifs is 1. The maximum atomic E-state index is 13.3. The quantitative estimate of drug-likeness (QED) is 0.812. The number of imidazole rings is 1. The molecule has 0 aliphatic carbocycles. The summed E-state index contributed by atoms with van der Waals surface area (Å²) in [4.78, 5) is 19.1. The zero-order chi connectivity index (χ0) is 13.4. The van der Waals surface area contributed by atoms with Gasteiger partial charge < -0.3 is 10.3 Å². The molecule has 0 unspecified atom stereocenters. The Morgan fingerprint density at radius 1 is 1.42 bits per heavy atom. The van der Waals surface area contributed by atoms with Crippen molar-refractivity contribution < 1.29 is 9.18 Å². The number of hydrogen-bond donors (Lipinski definition) is 2. The summed E-state index contributed by atoms with van der Waals surface area (Å²) >= 11 is 0. The number of rotatable bonds is 2. The van der Waals surface area contributed by atoms with Crippen LogP contribution < -0.4 is 5.32 Å². The highest BCUT2D eigenvalue weighted by molar-refractivity contribution is 6.34.